The summed E-state index contributed by atoms with van der Waals surface area (Å²) in [5.74, 6) is 2.33. The topological polar surface area (TPSA) is 3.24 Å². The van der Waals surface area contributed by atoms with Gasteiger partial charge in [0.1, 0.15) is 0 Å². The van der Waals surface area contributed by atoms with Crippen LogP contribution in [0.1, 0.15) is 25.3 Å². The van der Waals surface area contributed by atoms with Crippen molar-refractivity contribution in [1.82, 2.24) is 4.90 Å². The van der Waals surface area contributed by atoms with Gasteiger partial charge in [-0.25, -0.2) is 0 Å². The number of hydrogen-bond acceptors (Lipinski definition) is 1. The van der Waals surface area contributed by atoms with Crippen molar-refractivity contribution in [3.05, 3.63) is 35.9 Å². The summed E-state index contributed by atoms with van der Waals surface area (Å²) < 4.78 is 0. The molecule has 0 saturated carbocycles. The van der Waals surface area contributed by atoms with Crippen molar-refractivity contribution in [2.24, 2.45) is 11.8 Å². The van der Waals surface area contributed by atoms with Crippen LogP contribution in [0.2, 0.25) is 0 Å². The molecule has 0 aliphatic carbocycles. The van der Waals surface area contributed by atoms with Crippen LogP contribution in [0, 0.1) is 11.8 Å². The normalized spacial score (nSPS) is 27.5. The third-order valence-electron chi connectivity index (χ3n) is 3.63. The molecule has 15 heavy (non-hydrogen) atoms. The summed E-state index contributed by atoms with van der Waals surface area (Å²) in [7, 11) is 2.23. The summed E-state index contributed by atoms with van der Waals surface area (Å²) in [6, 6.07) is 11.0. The minimum atomic E-state index is 0.733. The third-order valence-corrected chi connectivity index (χ3v) is 3.63. The van der Waals surface area contributed by atoms with Crippen LogP contribution in [-0.4, -0.2) is 25.0 Å². The largest absolute Gasteiger partial charge is 0.305 e. The van der Waals surface area contributed by atoms with Gasteiger partial charge in [0.15, 0.2) is 0 Å². The molecule has 0 bridgehead atoms. The van der Waals surface area contributed by atoms with Crippen molar-refractivity contribution in [3.63, 3.8) is 0 Å². The van der Waals surface area contributed by atoms with E-state index in [1.54, 1.807) is 0 Å². The van der Waals surface area contributed by atoms with Gasteiger partial charge in [-0.3, -0.25) is 0 Å². The first-order chi connectivity index (χ1) is 7.18. The molecule has 2 rings (SSSR count). The van der Waals surface area contributed by atoms with E-state index in [1.807, 2.05) is 0 Å². The highest BCUT2D eigenvalue weighted by molar-refractivity contribution is 5.22. The summed E-state index contributed by atoms with van der Waals surface area (Å²) in [5, 5.41) is 0. The van der Waals surface area contributed by atoms with Crippen LogP contribution >= 0.6 is 0 Å². The predicted octanol–water partition coefficient (Wildman–Crippen LogP) is 2.99. The van der Waals surface area contributed by atoms with E-state index in [9.17, 15) is 0 Å². The molecular formula is C14H21N. The van der Waals surface area contributed by atoms with Crippen LogP contribution in [0.3, 0.4) is 0 Å². The average molecular weight is 203 g/mol. The fourth-order valence-corrected chi connectivity index (χ4v) is 2.76. The van der Waals surface area contributed by atoms with Gasteiger partial charge in [-0.1, -0.05) is 44.2 Å². The first-order valence-electron chi connectivity index (χ1n) is 5.92. The van der Waals surface area contributed by atoms with Crippen molar-refractivity contribution in [1.29, 1.82) is 0 Å². The van der Waals surface area contributed by atoms with Crippen molar-refractivity contribution in [3.8, 4) is 0 Å². The first kappa shape index (κ1) is 10.7. The molecule has 1 saturated heterocycles. The van der Waals surface area contributed by atoms with Gasteiger partial charge < -0.3 is 4.90 Å². The van der Waals surface area contributed by atoms with Gasteiger partial charge >= 0.3 is 0 Å². The Labute approximate surface area is 93.1 Å². The number of benzene rings is 1. The molecule has 2 atom stereocenters. The molecule has 1 heterocycles. The maximum absolute atomic E-state index is 2.46. The van der Waals surface area contributed by atoms with E-state index in [1.165, 1.54) is 18.7 Å². The van der Waals surface area contributed by atoms with E-state index in [0.717, 1.165) is 17.8 Å². The highest BCUT2D eigenvalue weighted by Crippen LogP contribution is 2.36. The number of hydrogen-bond donors (Lipinski definition) is 0. The number of likely N-dealkylation sites (N-methyl/N-ethyl adjacent to an activating group) is 1. The second-order valence-corrected chi connectivity index (χ2v) is 5.15. The van der Waals surface area contributed by atoms with Gasteiger partial charge in [0.25, 0.3) is 0 Å². The van der Waals surface area contributed by atoms with E-state index in [2.05, 4.69) is 56.1 Å². The monoisotopic (exact) mass is 203 g/mol. The molecule has 1 heteroatoms. The molecule has 1 aromatic rings. The zero-order chi connectivity index (χ0) is 10.8. The molecule has 1 fully saturated rings. The van der Waals surface area contributed by atoms with Crippen LogP contribution in [0.15, 0.2) is 30.3 Å². The average Bonchev–Trinajstić information content (AvgIpc) is 2.62. The Bertz CT molecular complexity index is 304. The molecule has 0 spiro atoms. The Morgan fingerprint density at radius 3 is 2.40 bits per heavy atom. The molecule has 0 unspecified atom stereocenters. The molecule has 0 aromatic heterocycles. The van der Waals surface area contributed by atoms with Crippen molar-refractivity contribution < 1.29 is 0 Å². The van der Waals surface area contributed by atoms with Crippen LogP contribution < -0.4 is 0 Å². The number of nitrogens with zero attached hydrogens (tertiary/aromatic N) is 1. The lowest BCUT2D eigenvalue weighted by Gasteiger charge is -2.22. The fraction of sp³-hybridized carbons (Fsp3) is 0.571. The Morgan fingerprint density at radius 1 is 1.13 bits per heavy atom. The smallest absolute Gasteiger partial charge is 0.00506 e. The lowest BCUT2D eigenvalue weighted by molar-refractivity contribution is 0.344. The van der Waals surface area contributed by atoms with Crippen molar-refractivity contribution >= 4 is 0 Å². The SMILES string of the molecule is CC(C)[C@H]1CN(C)C[C@@H]1c1ccccc1. The first-order valence-corrected chi connectivity index (χ1v) is 5.92. The zero-order valence-corrected chi connectivity index (χ0v) is 9.98. The highest BCUT2D eigenvalue weighted by Gasteiger charge is 2.33. The predicted molar refractivity (Wildman–Crippen MR) is 65.0 cm³/mol. The summed E-state index contributed by atoms with van der Waals surface area (Å²) >= 11 is 0. The summed E-state index contributed by atoms with van der Waals surface area (Å²) in [6.07, 6.45) is 0. The minimum absolute atomic E-state index is 0.733. The second kappa shape index (κ2) is 4.36. The Balaban J connectivity index is 2.21. The van der Waals surface area contributed by atoms with Crippen molar-refractivity contribution in [2.45, 2.75) is 19.8 Å². The van der Waals surface area contributed by atoms with Crippen LogP contribution in [0.5, 0.6) is 0 Å². The Hall–Kier alpha value is -0.820. The summed E-state index contributed by atoms with van der Waals surface area (Å²) in [6.45, 7) is 7.16. The van der Waals surface area contributed by atoms with Gasteiger partial charge in [-0.15, -0.1) is 0 Å². The van der Waals surface area contributed by atoms with E-state index in [-0.39, 0.29) is 0 Å². The Morgan fingerprint density at radius 2 is 1.80 bits per heavy atom. The van der Waals surface area contributed by atoms with E-state index >= 15 is 0 Å². The van der Waals surface area contributed by atoms with Gasteiger partial charge in [0.2, 0.25) is 0 Å². The Kier molecular flexibility index (Phi) is 3.11. The maximum atomic E-state index is 2.46. The number of likely N-dealkylation sites (tertiary alicyclic amines) is 1. The lowest BCUT2D eigenvalue weighted by Crippen LogP contribution is -2.17. The molecule has 0 amide bonds. The molecule has 0 N–H and O–H groups in total. The van der Waals surface area contributed by atoms with Crippen LogP contribution in [0.4, 0.5) is 0 Å². The molecule has 1 aromatic carbocycles. The fourth-order valence-electron chi connectivity index (χ4n) is 2.76. The van der Waals surface area contributed by atoms with Gasteiger partial charge in [0.05, 0.1) is 0 Å². The van der Waals surface area contributed by atoms with Crippen LogP contribution in [-0.2, 0) is 0 Å². The molecule has 1 aliphatic heterocycles. The lowest BCUT2D eigenvalue weighted by atomic mass is 9.82. The summed E-state index contributed by atoms with van der Waals surface area (Å²) in [4.78, 5) is 2.46. The number of rotatable bonds is 2. The molecule has 1 nitrogen and oxygen atoms in total. The third kappa shape index (κ3) is 2.23. The minimum Gasteiger partial charge on any atom is -0.305 e. The molecular weight excluding hydrogens is 182 g/mol. The van der Waals surface area contributed by atoms with E-state index in [0.29, 0.717) is 0 Å². The summed E-state index contributed by atoms with van der Waals surface area (Å²) in [5.41, 5.74) is 1.51. The van der Waals surface area contributed by atoms with Gasteiger partial charge in [-0.05, 0) is 24.4 Å². The van der Waals surface area contributed by atoms with E-state index in [4.69, 9.17) is 0 Å². The zero-order valence-electron chi connectivity index (χ0n) is 9.98. The molecule has 82 valence electrons. The quantitative estimate of drug-likeness (QED) is 0.714. The van der Waals surface area contributed by atoms with Gasteiger partial charge in [0, 0.05) is 19.0 Å². The maximum Gasteiger partial charge on any atom is 0.00506 e. The van der Waals surface area contributed by atoms with Crippen LogP contribution in [0.25, 0.3) is 0 Å². The molecule has 1 aliphatic rings. The highest BCUT2D eigenvalue weighted by atomic mass is 15.1. The van der Waals surface area contributed by atoms with Crippen molar-refractivity contribution in [2.75, 3.05) is 20.1 Å². The molecule has 0 radical (unpaired) electrons. The standard InChI is InChI=1S/C14H21N/c1-11(2)13-9-15(3)10-14(13)12-7-5-4-6-8-12/h4-8,11,13-14H,9-10H2,1-3H3/t13-,14-/m1/s1. The second-order valence-electron chi connectivity index (χ2n) is 5.15. The van der Waals surface area contributed by atoms with E-state index < -0.39 is 0 Å². The van der Waals surface area contributed by atoms with Gasteiger partial charge in [-0.2, -0.15) is 0 Å².